The number of rotatable bonds is 4. The lowest BCUT2D eigenvalue weighted by Gasteiger charge is -2.15. The summed E-state index contributed by atoms with van der Waals surface area (Å²) in [6.45, 7) is 0. The van der Waals surface area contributed by atoms with Crippen molar-refractivity contribution in [2.24, 2.45) is 0 Å². The van der Waals surface area contributed by atoms with Crippen LogP contribution in [0.3, 0.4) is 0 Å². The number of aromatic hydroxyl groups is 2. The summed E-state index contributed by atoms with van der Waals surface area (Å²) in [6.07, 6.45) is 0. The minimum atomic E-state index is -0.0724. The highest BCUT2D eigenvalue weighted by Gasteiger charge is 2.14. The van der Waals surface area contributed by atoms with E-state index in [4.69, 9.17) is 20.9 Å². The van der Waals surface area contributed by atoms with Crippen molar-refractivity contribution >= 4 is 22.1 Å². The predicted octanol–water partition coefficient (Wildman–Crippen LogP) is 6.40. The molecule has 0 unspecified atom stereocenters. The summed E-state index contributed by atoms with van der Waals surface area (Å²) >= 11 is 0. The Morgan fingerprint density at radius 2 is 1.25 bits per heavy atom. The Labute approximate surface area is 208 Å². The smallest absolute Gasteiger partial charge is 0.151 e. The lowest BCUT2D eigenvalue weighted by molar-refractivity contribution is 0.456. The summed E-state index contributed by atoms with van der Waals surface area (Å²) in [7, 11) is 0. The summed E-state index contributed by atoms with van der Waals surface area (Å²) in [5.74, 6) is 8.15. The topological polar surface area (TPSA) is 111 Å². The summed E-state index contributed by atoms with van der Waals surface area (Å²) in [4.78, 5) is 0. The molecule has 0 aliphatic carbocycles. The molecule has 6 N–H and O–H groups in total. The number of anilines is 2. The third kappa shape index (κ3) is 4.67. The molecule has 0 amide bonds. The molecule has 0 heterocycles. The van der Waals surface area contributed by atoms with Crippen molar-refractivity contribution in [2.45, 2.75) is 0 Å². The standard InChI is InChI=1S/C30H22N2O4/c31-25-15-12-21(17-27(25)33)35-29-8-4-7-24-23(29)14-11-20(10-9-19-5-2-1-3-6-19)30(24)36-22-13-16-26(32)28(34)18-22/h1-8,11-18,33-34H,31-32H2. The molecule has 0 saturated carbocycles. The van der Waals surface area contributed by atoms with Gasteiger partial charge in [-0.15, -0.1) is 0 Å². The van der Waals surface area contributed by atoms with E-state index >= 15 is 0 Å². The molecule has 6 nitrogen and oxygen atoms in total. The fourth-order valence-corrected chi connectivity index (χ4v) is 3.68. The molecule has 36 heavy (non-hydrogen) atoms. The zero-order valence-electron chi connectivity index (χ0n) is 19.1. The number of nitrogen functional groups attached to an aromatic ring is 2. The molecule has 0 aliphatic heterocycles. The van der Waals surface area contributed by atoms with E-state index in [2.05, 4.69) is 11.8 Å². The van der Waals surface area contributed by atoms with Crippen LogP contribution in [-0.2, 0) is 0 Å². The van der Waals surface area contributed by atoms with E-state index in [9.17, 15) is 10.2 Å². The van der Waals surface area contributed by atoms with Crippen LogP contribution < -0.4 is 20.9 Å². The second-order valence-corrected chi connectivity index (χ2v) is 8.05. The summed E-state index contributed by atoms with van der Waals surface area (Å²) < 4.78 is 12.3. The highest BCUT2D eigenvalue weighted by Crippen LogP contribution is 2.40. The molecule has 6 heteroatoms. The quantitative estimate of drug-likeness (QED) is 0.136. The van der Waals surface area contributed by atoms with Gasteiger partial charge in [-0.05, 0) is 54.6 Å². The lowest BCUT2D eigenvalue weighted by atomic mass is 10.0. The first-order chi connectivity index (χ1) is 17.5. The minimum Gasteiger partial charge on any atom is -0.506 e. The summed E-state index contributed by atoms with van der Waals surface area (Å²) in [5, 5.41) is 21.6. The second kappa shape index (κ2) is 9.53. The molecule has 0 aliphatic rings. The van der Waals surface area contributed by atoms with E-state index < -0.39 is 0 Å². The Balaban J connectivity index is 1.63. The molecule has 0 radical (unpaired) electrons. The fourth-order valence-electron chi connectivity index (χ4n) is 3.68. The molecular weight excluding hydrogens is 452 g/mol. The van der Waals surface area contributed by atoms with Gasteiger partial charge in [-0.2, -0.15) is 0 Å². The van der Waals surface area contributed by atoms with Crippen LogP contribution in [-0.4, -0.2) is 10.2 Å². The molecule has 176 valence electrons. The number of nitrogens with two attached hydrogens (primary N) is 2. The second-order valence-electron chi connectivity index (χ2n) is 8.05. The lowest BCUT2D eigenvalue weighted by Crippen LogP contribution is -1.94. The number of phenols is 2. The number of ether oxygens (including phenoxy) is 2. The van der Waals surface area contributed by atoms with E-state index in [0.29, 0.717) is 28.6 Å². The van der Waals surface area contributed by atoms with Gasteiger partial charge in [0.15, 0.2) is 5.75 Å². The van der Waals surface area contributed by atoms with Gasteiger partial charge in [-0.3, -0.25) is 0 Å². The molecule has 0 spiro atoms. The van der Waals surface area contributed by atoms with Gasteiger partial charge in [0.2, 0.25) is 0 Å². The van der Waals surface area contributed by atoms with E-state index in [-0.39, 0.29) is 22.9 Å². The van der Waals surface area contributed by atoms with Crippen LogP contribution in [0.4, 0.5) is 11.4 Å². The Morgan fingerprint density at radius 3 is 1.92 bits per heavy atom. The monoisotopic (exact) mass is 474 g/mol. The van der Waals surface area contributed by atoms with E-state index in [1.54, 1.807) is 24.3 Å². The highest BCUT2D eigenvalue weighted by molar-refractivity contribution is 5.95. The van der Waals surface area contributed by atoms with Crippen LogP contribution in [0.2, 0.25) is 0 Å². The van der Waals surface area contributed by atoms with Crippen LogP contribution >= 0.6 is 0 Å². The molecule has 5 aromatic carbocycles. The Morgan fingerprint density at radius 1 is 0.583 bits per heavy atom. The minimum absolute atomic E-state index is 0.0570. The number of hydrogen-bond acceptors (Lipinski definition) is 6. The Kier molecular flexibility index (Phi) is 5.96. The maximum absolute atomic E-state index is 10.1. The largest absolute Gasteiger partial charge is 0.506 e. The van der Waals surface area contributed by atoms with E-state index in [1.807, 2.05) is 60.7 Å². The van der Waals surface area contributed by atoms with Gasteiger partial charge in [0.1, 0.15) is 28.7 Å². The van der Waals surface area contributed by atoms with Crippen LogP contribution in [0.15, 0.2) is 97.1 Å². The third-order valence-electron chi connectivity index (χ3n) is 5.54. The highest BCUT2D eigenvalue weighted by atomic mass is 16.5. The number of fused-ring (bicyclic) bond motifs is 1. The van der Waals surface area contributed by atoms with Crippen LogP contribution in [0.1, 0.15) is 11.1 Å². The van der Waals surface area contributed by atoms with Crippen molar-refractivity contribution in [3.63, 3.8) is 0 Å². The molecule has 5 aromatic rings. The van der Waals surface area contributed by atoms with Crippen LogP contribution in [0, 0.1) is 11.8 Å². The van der Waals surface area contributed by atoms with Gasteiger partial charge in [-0.25, -0.2) is 0 Å². The predicted molar refractivity (Wildman–Crippen MR) is 142 cm³/mol. The van der Waals surface area contributed by atoms with Crippen molar-refractivity contribution in [1.29, 1.82) is 0 Å². The molecule has 0 aromatic heterocycles. The molecule has 0 saturated heterocycles. The fraction of sp³-hybridized carbons (Fsp3) is 0. The molecule has 0 fully saturated rings. The van der Waals surface area contributed by atoms with Gasteiger partial charge in [0.05, 0.1) is 16.9 Å². The van der Waals surface area contributed by atoms with Gasteiger partial charge < -0.3 is 31.2 Å². The normalized spacial score (nSPS) is 10.4. The third-order valence-corrected chi connectivity index (χ3v) is 5.54. The molecule has 0 atom stereocenters. The zero-order valence-corrected chi connectivity index (χ0v) is 19.1. The zero-order chi connectivity index (χ0) is 25.1. The molecule has 5 rings (SSSR count). The van der Waals surface area contributed by atoms with Gasteiger partial charge in [0, 0.05) is 28.5 Å². The average molecular weight is 475 g/mol. The maximum atomic E-state index is 10.1. The van der Waals surface area contributed by atoms with Crippen molar-refractivity contribution in [3.05, 3.63) is 108 Å². The van der Waals surface area contributed by atoms with Crippen LogP contribution in [0.25, 0.3) is 10.8 Å². The van der Waals surface area contributed by atoms with E-state index in [1.165, 1.54) is 12.1 Å². The average Bonchev–Trinajstić information content (AvgIpc) is 2.89. The maximum Gasteiger partial charge on any atom is 0.151 e. The Hall–Kier alpha value is -5.28. The van der Waals surface area contributed by atoms with Crippen molar-refractivity contribution in [3.8, 4) is 46.3 Å². The van der Waals surface area contributed by atoms with Crippen molar-refractivity contribution in [1.82, 2.24) is 0 Å². The van der Waals surface area contributed by atoms with Gasteiger partial charge in [-0.1, -0.05) is 42.2 Å². The van der Waals surface area contributed by atoms with E-state index in [0.717, 1.165) is 16.3 Å². The Bertz CT molecular complexity index is 1640. The van der Waals surface area contributed by atoms with Gasteiger partial charge in [0.25, 0.3) is 0 Å². The number of benzene rings is 5. The SMILES string of the molecule is Nc1ccc(Oc2cccc3c(Oc4ccc(N)c(O)c4)c(C#Cc4ccccc4)ccc23)cc1O. The number of hydrogen-bond donors (Lipinski definition) is 4. The first-order valence-electron chi connectivity index (χ1n) is 11.1. The summed E-state index contributed by atoms with van der Waals surface area (Å²) in [5.41, 5.74) is 13.5. The summed E-state index contributed by atoms with van der Waals surface area (Å²) in [6, 6.07) is 28.4. The molecular formula is C30H22N2O4. The molecule has 0 bridgehead atoms. The first kappa shape index (κ1) is 22.5. The van der Waals surface area contributed by atoms with Crippen LogP contribution in [0.5, 0.6) is 34.5 Å². The van der Waals surface area contributed by atoms with Gasteiger partial charge >= 0.3 is 0 Å². The van der Waals surface area contributed by atoms with Crippen molar-refractivity contribution in [2.75, 3.05) is 11.5 Å². The van der Waals surface area contributed by atoms with Crippen molar-refractivity contribution < 1.29 is 19.7 Å². The first-order valence-corrected chi connectivity index (χ1v) is 11.1. The number of phenolic OH excluding ortho intramolecular Hbond substituents is 2.